The summed E-state index contributed by atoms with van der Waals surface area (Å²) in [5.41, 5.74) is 3.41. The molecule has 4 aromatic rings. The quantitative estimate of drug-likeness (QED) is 0.200. The average molecular weight is 607 g/mol. The summed E-state index contributed by atoms with van der Waals surface area (Å²) in [6.07, 6.45) is 0.815. The number of hydrogen-bond donors (Lipinski definition) is 3. The molecular formula is C31H30N2O7S2. The number of nitrogens with zero attached hydrogens (tertiary/aromatic N) is 1. The largest absolute Gasteiger partial charge is 0.478 e. The van der Waals surface area contributed by atoms with Crippen LogP contribution in [0.15, 0.2) is 107 Å². The third-order valence-corrected chi connectivity index (χ3v) is 9.35. The van der Waals surface area contributed by atoms with Crippen molar-refractivity contribution >= 4 is 27.8 Å². The molecule has 3 atom stereocenters. The molecule has 2 heterocycles. The minimum absolute atomic E-state index is 0.0549. The number of ether oxygens (including phenoxy) is 2. The molecule has 5 rings (SSSR count). The van der Waals surface area contributed by atoms with E-state index in [0.29, 0.717) is 17.2 Å². The number of hydrogen-bond acceptors (Lipinski definition) is 8. The Hall–Kier alpha value is -3.58. The molecule has 0 bridgehead atoms. The van der Waals surface area contributed by atoms with Gasteiger partial charge in [-0.05, 0) is 41.0 Å². The SMILES string of the molecule is O=C(O)c1cccnc1SC[C@@H]1C[C@H](c2ccc(CO)cc2)O[C@H](c2ccc(CNS(=O)(=O)c3ccccc3)cc2)O1. The van der Waals surface area contributed by atoms with E-state index < -0.39 is 22.3 Å². The van der Waals surface area contributed by atoms with Crippen LogP contribution in [0.4, 0.5) is 0 Å². The van der Waals surface area contributed by atoms with E-state index in [0.717, 1.165) is 22.3 Å². The molecule has 0 aliphatic carbocycles. The fourth-order valence-electron chi connectivity index (χ4n) is 4.52. The lowest BCUT2D eigenvalue weighted by Gasteiger charge is -2.36. The van der Waals surface area contributed by atoms with Crippen LogP contribution in [0.2, 0.25) is 0 Å². The molecule has 1 aliphatic heterocycles. The van der Waals surface area contributed by atoms with Gasteiger partial charge in [-0.3, -0.25) is 0 Å². The molecule has 1 aromatic heterocycles. The molecule has 42 heavy (non-hydrogen) atoms. The minimum Gasteiger partial charge on any atom is -0.478 e. The second-order valence-electron chi connectivity index (χ2n) is 9.70. The predicted molar refractivity (Wildman–Crippen MR) is 157 cm³/mol. The maximum Gasteiger partial charge on any atom is 0.338 e. The van der Waals surface area contributed by atoms with E-state index in [4.69, 9.17) is 9.47 Å². The Balaban J connectivity index is 1.31. The number of benzene rings is 3. The van der Waals surface area contributed by atoms with Gasteiger partial charge in [-0.25, -0.2) is 22.9 Å². The number of carbonyl (C=O) groups is 1. The highest BCUT2D eigenvalue weighted by atomic mass is 32.2. The molecule has 1 fully saturated rings. The monoisotopic (exact) mass is 606 g/mol. The number of nitrogens with one attached hydrogen (secondary N) is 1. The molecule has 3 aromatic carbocycles. The van der Waals surface area contributed by atoms with Crippen LogP contribution in [-0.2, 0) is 32.6 Å². The molecule has 1 aliphatic rings. The zero-order valence-electron chi connectivity index (χ0n) is 22.5. The fourth-order valence-corrected chi connectivity index (χ4v) is 6.56. The number of aromatic carboxylic acids is 1. The Morgan fingerprint density at radius 2 is 1.60 bits per heavy atom. The molecule has 0 unspecified atom stereocenters. The van der Waals surface area contributed by atoms with Gasteiger partial charge in [0.2, 0.25) is 10.0 Å². The summed E-state index contributed by atoms with van der Waals surface area (Å²) in [5.74, 6) is -0.578. The van der Waals surface area contributed by atoms with Crippen LogP contribution >= 0.6 is 11.8 Å². The van der Waals surface area contributed by atoms with E-state index in [-0.39, 0.29) is 35.8 Å². The van der Waals surface area contributed by atoms with Gasteiger partial charge in [0.15, 0.2) is 6.29 Å². The number of aliphatic hydroxyl groups excluding tert-OH is 1. The van der Waals surface area contributed by atoms with Crippen molar-refractivity contribution in [3.8, 4) is 0 Å². The molecule has 0 saturated carbocycles. The van der Waals surface area contributed by atoms with Gasteiger partial charge >= 0.3 is 5.97 Å². The van der Waals surface area contributed by atoms with E-state index in [1.807, 2.05) is 48.5 Å². The smallest absolute Gasteiger partial charge is 0.338 e. The topological polar surface area (TPSA) is 135 Å². The highest BCUT2D eigenvalue weighted by Gasteiger charge is 2.32. The first-order chi connectivity index (χ1) is 20.3. The van der Waals surface area contributed by atoms with E-state index >= 15 is 0 Å². The third kappa shape index (κ3) is 7.43. The van der Waals surface area contributed by atoms with Crippen LogP contribution in [0.25, 0.3) is 0 Å². The van der Waals surface area contributed by atoms with Gasteiger partial charge in [0.05, 0.1) is 29.3 Å². The van der Waals surface area contributed by atoms with Crippen molar-refractivity contribution in [1.82, 2.24) is 9.71 Å². The lowest BCUT2D eigenvalue weighted by Crippen LogP contribution is -2.31. The van der Waals surface area contributed by atoms with Gasteiger partial charge in [0, 0.05) is 30.5 Å². The van der Waals surface area contributed by atoms with Crippen molar-refractivity contribution in [2.75, 3.05) is 5.75 Å². The number of sulfonamides is 1. The van der Waals surface area contributed by atoms with Crippen LogP contribution in [0.5, 0.6) is 0 Å². The normalized spacial score (nSPS) is 18.9. The number of carboxylic acids is 1. The second kappa shape index (κ2) is 13.6. The molecule has 1 saturated heterocycles. The molecule has 0 radical (unpaired) electrons. The van der Waals surface area contributed by atoms with Crippen molar-refractivity contribution < 1.29 is 32.9 Å². The molecule has 0 amide bonds. The average Bonchev–Trinajstić information content (AvgIpc) is 3.03. The van der Waals surface area contributed by atoms with Crippen molar-refractivity contribution in [2.24, 2.45) is 0 Å². The maximum atomic E-state index is 12.6. The standard InChI is InChI=1S/C31H30N2O7S2/c34-19-22-10-12-23(13-11-22)28-17-25(20-41-29-27(30(35)36)7-4-16-32-29)39-31(40-28)24-14-8-21(9-15-24)18-33-42(37,38)26-5-2-1-3-6-26/h1-16,25,28,31,33-34H,17-20H2,(H,35,36)/t25-,28+,31+/m0/s1. The lowest BCUT2D eigenvalue weighted by molar-refractivity contribution is -0.245. The first-order valence-corrected chi connectivity index (χ1v) is 15.7. The molecule has 3 N–H and O–H groups in total. The number of rotatable bonds is 11. The molecule has 9 nitrogen and oxygen atoms in total. The van der Waals surface area contributed by atoms with Crippen molar-refractivity contribution in [2.45, 2.75) is 48.0 Å². The fraction of sp³-hybridized carbons (Fsp3) is 0.226. The maximum absolute atomic E-state index is 12.6. The van der Waals surface area contributed by atoms with Crippen LogP contribution < -0.4 is 4.72 Å². The van der Waals surface area contributed by atoms with Crippen LogP contribution in [0, 0.1) is 0 Å². The molecule has 218 valence electrons. The summed E-state index contributed by atoms with van der Waals surface area (Å²) in [7, 11) is -3.64. The zero-order valence-corrected chi connectivity index (χ0v) is 24.1. The molecule has 0 spiro atoms. The lowest BCUT2D eigenvalue weighted by atomic mass is 10.0. The number of carboxylic acid groups (broad SMARTS) is 1. The summed E-state index contributed by atoms with van der Waals surface area (Å²) in [5, 5.41) is 19.4. The van der Waals surface area contributed by atoms with Gasteiger partial charge in [-0.1, -0.05) is 66.7 Å². The number of aromatic nitrogens is 1. The third-order valence-electron chi connectivity index (χ3n) is 6.79. The van der Waals surface area contributed by atoms with Crippen LogP contribution in [0.3, 0.4) is 0 Å². The molecular weight excluding hydrogens is 576 g/mol. The first-order valence-electron chi connectivity index (χ1n) is 13.3. The van der Waals surface area contributed by atoms with E-state index in [1.54, 1.807) is 42.6 Å². The Morgan fingerprint density at radius 3 is 2.29 bits per heavy atom. The van der Waals surface area contributed by atoms with Gasteiger partial charge in [0.1, 0.15) is 5.03 Å². The van der Waals surface area contributed by atoms with E-state index in [1.165, 1.54) is 17.8 Å². The highest BCUT2D eigenvalue weighted by Crippen LogP contribution is 2.39. The van der Waals surface area contributed by atoms with Gasteiger partial charge in [0.25, 0.3) is 0 Å². The molecule has 11 heteroatoms. The second-order valence-corrected chi connectivity index (χ2v) is 12.5. The van der Waals surface area contributed by atoms with E-state index in [9.17, 15) is 23.4 Å². The van der Waals surface area contributed by atoms with Gasteiger partial charge in [-0.15, -0.1) is 11.8 Å². The number of aliphatic hydroxyl groups is 1. The Morgan fingerprint density at radius 1 is 0.905 bits per heavy atom. The van der Waals surface area contributed by atoms with E-state index in [2.05, 4.69) is 9.71 Å². The van der Waals surface area contributed by atoms with Gasteiger partial charge in [-0.2, -0.15) is 0 Å². The van der Waals surface area contributed by atoms with Gasteiger partial charge < -0.3 is 19.7 Å². The summed E-state index contributed by atoms with van der Waals surface area (Å²) in [6, 6.07) is 26.2. The van der Waals surface area contributed by atoms with Crippen LogP contribution in [-0.4, -0.2) is 41.4 Å². The van der Waals surface area contributed by atoms with Crippen molar-refractivity contribution in [3.63, 3.8) is 0 Å². The number of thioether (sulfide) groups is 1. The summed E-state index contributed by atoms with van der Waals surface area (Å²) in [6.45, 7) is 0.0691. The first kappa shape index (κ1) is 29.9. The minimum atomic E-state index is -3.64. The number of pyridine rings is 1. The summed E-state index contributed by atoms with van der Waals surface area (Å²) in [4.78, 5) is 16.1. The van der Waals surface area contributed by atoms with Crippen molar-refractivity contribution in [1.29, 1.82) is 0 Å². The Bertz CT molecular complexity index is 1600. The Labute approximate surface area is 248 Å². The highest BCUT2D eigenvalue weighted by molar-refractivity contribution is 7.99. The van der Waals surface area contributed by atoms with Crippen LogP contribution in [0.1, 0.15) is 51.4 Å². The van der Waals surface area contributed by atoms with Crippen molar-refractivity contribution in [3.05, 3.63) is 125 Å². The predicted octanol–water partition coefficient (Wildman–Crippen LogP) is 5.09. The zero-order chi connectivity index (χ0) is 29.5. The summed E-state index contributed by atoms with van der Waals surface area (Å²) < 4.78 is 40.5. The Kier molecular flexibility index (Phi) is 9.68. The summed E-state index contributed by atoms with van der Waals surface area (Å²) >= 11 is 1.32.